The Bertz CT molecular complexity index is 568. The molecule has 0 bridgehead atoms. The van der Waals surface area contributed by atoms with Crippen LogP contribution < -0.4 is 14.2 Å². The molecule has 0 aliphatic rings. The van der Waals surface area contributed by atoms with Crippen LogP contribution >= 0.6 is 15.9 Å². The molecule has 0 fully saturated rings. The molecule has 0 saturated carbocycles. The van der Waals surface area contributed by atoms with E-state index in [0.717, 1.165) is 11.3 Å². The molecule has 0 unspecified atom stereocenters. The molecule has 2 rings (SSSR count). The minimum atomic E-state index is 0.604. The molecule has 0 N–H and O–H groups in total. The van der Waals surface area contributed by atoms with E-state index in [1.807, 2.05) is 12.1 Å². The minimum Gasteiger partial charge on any atom is -0.496 e. The second kappa shape index (κ2) is 5.97. The Morgan fingerprint density at radius 1 is 1.00 bits per heavy atom. The number of aromatic nitrogens is 1. The van der Waals surface area contributed by atoms with Crippen molar-refractivity contribution in [1.29, 1.82) is 0 Å². The first-order chi connectivity index (χ1) is 9.23. The molecule has 1 aromatic carbocycles. The maximum absolute atomic E-state index is 5.36. The Morgan fingerprint density at radius 3 is 2.16 bits per heavy atom. The van der Waals surface area contributed by atoms with E-state index in [0.29, 0.717) is 28.3 Å². The Balaban J connectivity index is 2.54. The third-order valence-corrected chi connectivity index (χ3v) is 3.22. The van der Waals surface area contributed by atoms with Crippen LogP contribution in [-0.4, -0.2) is 26.5 Å². The summed E-state index contributed by atoms with van der Waals surface area (Å²) in [6.45, 7) is 0. The fourth-order valence-electron chi connectivity index (χ4n) is 1.73. The van der Waals surface area contributed by atoms with Crippen molar-refractivity contribution in [3.05, 3.63) is 24.0 Å². The molecule has 19 heavy (non-hydrogen) atoms. The van der Waals surface area contributed by atoms with Crippen LogP contribution in [0.4, 0.5) is 0 Å². The Kier molecular flexibility index (Phi) is 4.31. The van der Waals surface area contributed by atoms with E-state index in [1.165, 1.54) is 0 Å². The molecule has 6 heteroatoms. The lowest BCUT2D eigenvalue weighted by atomic mass is 10.1. The Morgan fingerprint density at radius 2 is 1.63 bits per heavy atom. The number of rotatable bonds is 5. The first-order valence-electron chi connectivity index (χ1n) is 5.55. The van der Waals surface area contributed by atoms with E-state index in [2.05, 4.69) is 21.1 Å². The number of methoxy groups -OCH3 is 3. The van der Waals surface area contributed by atoms with Gasteiger partial charge in [0.05, 0.1) is 26.7 Å². The van der Waals surface area contributed by atoms with Crippen molar-refractivity contribution < 1.29 is 18.7 Å². The van der Waals surface area contributed by atoms with Gasteiger partial charge in [0, 0.05) is 17.7 Å². The summed E-state index contributed by atoms with van der Waals surface area (Å²) in [4.78, 5) is 0. The van der Waals surface area contributed by atoms with E-state index in [1.54, 1.807) is 27.4 Å². The number of hydrogen-bond acceptors (Lipinski definition) is 5. The van der Waals surface area contributed by atoms with E-state index >= 15 is 0 Å². The van der Waals surface area contributed by atoms with Crippen LogP contribution in [0, 0.1) is 0 Å². The van der Waals surface area contributed by atoms with Gasteiger partial charge in [0.1, 0.15) is 17.2 Å². The molecular weight excluding hydrogens is 314 g/mol. The topological polar surface area (TPSA) is 53.7 Å². The normalized spacial score (nSPS) is 10.3. The maximum atomic E-state index is 5.36. The minimum absolute atomic E-state index is 0.604. The lowest BCUT2D eigenvalue weighted by Gasteiger charge is -2.12. The molecule has 0 aliphatic heterocycles. The summed E-state index contributed by atoms with van der Waals surface area (Å²) in [7, 11) is 4.76. The van der Waals surface area contributed by atoms with Gasteiger partial charge in [-0.1, -0.05) is 21.1 Å². The average molecular weight is 328 g/mol. The summed E-state index contributed by atoms with van der Waals surface area (Å²) in [6, 6.07) is 5.42. The van der Waals surface area contributed by atoms with Crippen molar-refractivity contribution in [1.82, 2.24) is 5.16 Å². The van der Waals surface area contributed by atoms with Gasteiger partial charge in [-0.2, -0.15) is 0 Å². The number of alkyl halides is 1. The predicted octanol–water partition coefficient (Wildman–Crippen LogP) is 3.26. The molecular formula is C13H14BrNO4. The summed E-state index contributed by atoms with van der Waals surface area (Å²) in [5, 5.41) is 4.62. The lowest BCUT2D eigenvalue weighted by Crippen LogP contribution is -1.94. The highest BCUT2D eigenvalue weighted by molar-refractivity contribution is 9.08. The second-order valence-electron chi connectivity index (χ2n) is 3.72. The maximum Gasteiger partial charge on any atom is 0.164 e. The first kappa shape index (κ1) is 13.7. The number of nitrogens with zero attached hydrogens (tertiary/aromatic N) is 1. The zero-order chi connectivity index (χ0) is 13.8. The zero-order valence-corrected chi connectivity index (χ0v) is 12.5. The van der Waals surface area contributed by atoms with Crippen molar-refractivity contribution in [2.24, 2.45) is 0 Å². The number of benzene rings is 1. The second-order valence-corrected chi connectivity index (χ2v) is 4.28. The SMILES string of the molecule is COc1cc(OC)c(-c2cc(CBr)on2)cc1OC. The third kappa shape index (κ3) is 2.68. The van der Waals surface area contributed by atoms with Crippen LogP contribution in [0.3, 0.4) is 0 Å². The van der Waals surface area contributed by atoms with Gasteiger partial charge in [0.2, 0.25) is 0 Å². The van der Waals surface area contributed by atoms with Gasteiger partial charge in [-0.3, -0.25) is 0 Å². The smallest absolute Gasteiger partial charge is 0.164 e. The molecule has 1 heterocycles. The van der Waals surface area contributed by atoms with Crippen molar-refractivity contribution in [2.75, 3.05) is 21.3 Å². The summed E-state index contributed by atoms with van der Waals surface area (Å²) >= 11 is 3.32. The van der Waals surface area contributed by atoms with E-state index in [9.17, 15) is 0 Å². The van der Waals surface area contributed by atoms with Crippen LogP contribution in [0.1, 0.15) is 5.76 Å². The fraction of sp³-hybridized carbons (Fsp3) is 0.308. The van der Waals surface area contributed by atoms with Crippen molar-refractivity contribution in [2.45, 2.75) is 5.33 Å². The molecule has 0 saturated heterocycles. The van der Waals surface area contributed by atoms with Gasteiger partial charge >= 0.3 is 0 Å². The summed E-state index contributed by atoms with van der Waals surface area (Å²) in [5.41, 5.74) is 1.48. The quantitative estimate of drug-likeness (QED) is 0.789. The highest BCUT2D eigenvalue weighted by Gasteiger charge is 2.16. The lowest BCUT2D eigenvalue weighted by molar-refractivity contribution is 0.349. The monoisotopic (exact) mass is 327 g/mol. The van der Waals surface area contributed by atoms with Crippen molar-refractivity contribution >= 4 is 15.9 Å². The predicted molar refractivity (Wildman–Crippen MR) is 74.2 cm³/mol. The van der Waals surface area contributed by atoms with Crippen LogP contribution in [0.5, 0.6) is 17.2 Å². The highest BCUT2D eigenvalue weighted by atomic mass is 79.9. The van der Waals surface area contributed by atoms with Gasteiger partial charge in [-0.15, -0.1) is 0 Å². The van der Waals surface area contributed by atoms with Crippen molar-refractivity contribution in [3.8, 4) is 28.5 Å². The number of ether oxygens (including phenoxy) is 3. The highest BCUT2D eigenvalue weighted by Crippen LogP contribution is 2.39. The summed E-state index contributed by atoms with van der Waals surface area (Å²) < 4.78 is 21.1. The fourth-order valence-corrected chi connectivity index (χ4v) is 2.00. The standard InChI is InChI=1S/C13H14BrNO4/c1-16-11-6-13(18-3)12(17-2)5-9(11)10-4-8(7-14)19-15-10/h4-6H,7H2,1-3H3. The van der Waals surface area contributed by atoms with Crippen molar-refractivity contribution in [3.63, 3.8) is 0 Å². The molecule has 0 spiro atoms. The third-order valence-electron chi connectivity index (χ3n) is 2.67. The van der Waals surface area contributed by atoms with E-state index in [-0.39, 0.29) is 0 Å². The first-order valence-corrected chi connectivity index (χ1v) is 6.67. The molecule has 5 nitrogen and oxygen atoms in total. The molecule has 102 valence electrons. The Hall–Kier alpha value is -1.69. The summed E-state index contributed by atoms with van der Waals surface area (Å²) in [6.07, 6.45) is 0. The molecule has 2 aromatic rings. The summed E-state index contributed by atoms with van der Waals surface area (Å²) in [5.74, 6) is 2.60. The van der Waals surface area contributed by atoms with Gasteiger partial charge < -0.3 is 18.7 Å². The van der Waals surface area contributed by atoms with Crippen LogP contribution in [0.25, 0.3) is 11.3 Å². The van der Waals surface area contributed by atoms with Gasteiger partial charge in [0.15, 0.2) is 11.5 Å². The van der Waals surface area contributed by atoms with Crippen LogP contribution in [0.2, 0.25) is 0 Å². The van der Waals surface area contributed by atoms with Gasteiger partial charge in [0.25, 0.3) is 0 Å². The molecule has 0 amide bonds. The molecule has 0 aliphatic carbocycles. The molecule has 0 atom stereocenters. The average Bonchev–Trinajstić information content (AvgIpc) is 2.94. The zero-order valence-electron chi connectivity index (χ0n) is 10.9. The van der Waals surface area contributed by atoms with Gasteiger partial charge in [-0.05, 0) is 6.07 Å². The molecule has 0 radical (unpaired) electrons. The van der Waals surface area contributed by atoms with Crippen LogP contribution in [-0.2, 0) is 5.33 Å². The van der Waals surface area contributed by atoms with E-state index < -0.39 is 0 Å². The molecule has 1 aromatic heterocycles. The van der Waals surface area contributed by atoms with Crippen LogP contribution in [0.15, 0.2) is 22.7 Å². The Labute approximate surface area is 119 Å². The van der Waals surface area contributed by atoms with E-state index in [4.69, 9.17) is 18.7 Å². The largest absolute Gasteiger partial charge is 0.496 e. The number of hydrogen-bond donors (Lipinski definition) is 0. The van der Waals surface area contributed by atoms with Gasteiger partial charge in [-0.25, -0.2) is 0 Å². The number of halogens is 1.